The fourth-order valence-electron chi connectivity index (χ4n) is 1.89. The van der Waals surface area contributed by atoms with Gasteiger partial charge in [-0.05, 0) is 12.8 Å². The molecule has 17 heavy (non-hydrogen) atoms. The number of hydrogen-bond acceptors (Lipinski definition) is 4. The van der Waals surface area contributed by atoms with Crippen LogP contribution in [0.2, 0.25) is 0 Å². The van der Waals surface area contributed by atoms with Gasteiger partial charge in [0.05, 0.1) is 13.2 Å². The first-order chi connectivity index (χ1) is 8.15. The normalized spacial score (nSPS) is 17.1. The lowest BCUT2D eigenvalue weighted by Gasteiger charge is -2.30. The van der Waals surface area contributed by atoms with Crippen LogP contribution in [0.3, 0.4) is 0 Å². The molecule has 0 unspecified atom stereocenters. The van der Waals surface area contributed by atoms with Crippen molar-refractivity contribution in [1.82, 2.24) is 10.2 Å². The Kier molecular flexibility index (Phi) is 5.93. The quantitative estimate of drug-likeness (QED) is 0.583. The molecule has 1 fully saturated rings. The maximum Gasteiger partial charge on any atom is 0.236 e. The molecule has 0 radical (unpaired) electrons. The Balaban J connectivity index is 2.19. The van der Waals surface area contributed by atoms with Gasteiger partial charge in [0.15, 0.2) is 0 Å². The van der Waals surface area contributed by atoms with Gasteiger partial charge in [0.25, 0.3) is 0 Å². The van der Waals surface area contributed by atoms with Crippen molar-refractivity contribution in [3.63, 3.8) is 0 Å². The molecule has 6 nitrogen and oxygen atoms in total. The molecule has 1 heterocycles. The molecule has 1 saturated heterocycles. The molecule has 0 aromatic rings. The van der Waals surface area contributed by atoms with Crippen molar-refractivity contribution < 1.29 is 14.3 Å². The number of piperidine rings is 1. The van der Waals surface area contributed by atoms with Crippen molar-refractivity contribution in [2.75, 3.05) is 39.9 Å². The van der Waals surface area contributed by atoms with Crippen LogP contribution in [0, 0.1) is 5.92 Å². The summed E-state index contributed by atoms with van der Waals surface area (Å²) in [6.07, 6.45) is 1.36. The summed E-state index contributed by atoms with van der Waals surface area (Å²) in [5, 5.41) is 3.01. The summed E-state index contributed by atoms with van der Waals surface area (Å²) < 4.78 is 4.87. The smallest absolute Gasteiger partial charge is 0.236 e. The fraction of sp³-hybridized carbons (Fsp3) is 0.818. The van der Waals surface area contributed by atoms with Crippen molar-refractivity contribution in [3.8, 4) is 0 Å². The van der Waals surface area contributed by atoms with Crippen LogP contribution in [-0.2, 0) is 14.3 Å². The molecular formula is C11H21N3O3. The Hall–Kier alpha value is -1.14. The van der Waals surface area contributed by atoms with Crippen LogP contribution < -0.4 is 11.1 Å². The third-order valence-corrected chi connectivity index (χ3v) is 3.01. The number of rotatable bonds is 6. The first-order valence-electron chi connectivity index (χ1n) is 5.92. The van der Waals surface area contributed by atoms with Gasteiger partial charge in [0.2, 0.25) is 11.8 Å². The van der Waals surface area contributed by atoms with E-state index >= 15 is 0 Å². The Morgan fingerprint density at radius 2 is 2.06 bits per heavy atom. The molecule has 98 valence electrons. The number of methoxy groups -OCH3 is 1. The van der Waals surface area contributed by atoms with Gasteiger partial charge in [0.1, 0.15) is 0 Å². The number of carbonyl (C=O) groups is 2. The van der Waals surface area contributed by atoms with Crippen molar-refractivity contribution in [2.24, 2.45) is 11.7 Å². The summed E-state index contributed by atoms with van der Waals surface area (Å²) in [5.74, 6) is -0.250. The average Bonchev–Trinajstić information content (AvgIpc) is 2.34. The first kappa shape index (κ1) is 13.9. The Labute approximate surface area is 101 Å². The van der Waals surface area contributed by atoms with E-state index in [0.717, 1.165) is 0 Å². The summed E-state index contributed by atoms with van der Waals surface area (Å²) in [7, 11) is 1.62. The monoisotopic (exact) mass is 243 g/mol. The zero-order chi connectivity index (χ0) is 12.7. The van der Waals surface area contributed by atoms with Crippen LogP contribution in [-0.4, -0.2) is 56.6 Å². The molecule has 0 saturated carbocycles. The van der Waals surface area contributed by atoms with Crippen molar-refractivity contribution in [3.05, 3.63) is 0 Å². The highest BCUT2D eigenvalue weighted by molar-refractivity contribution is 5.79. The maximum atomic E-state index is 11.7. The van der Waals surface area contributed by atoms with Gasteiger partial charge in [-0.25, -0.2) is 0 Å². The van der Waals surface area contributed by atoms with Gasteiger partial charge in [0, 0.05) is 32.7 Å². The number of ether oxygens (including phenoxy) is 1. The van der Waals surface area contributed by atoms with Crippen molar-refractivity contribution >= 4 is 11.8 Å². The largest absolute Gasteiger partial charge is 0.383 e. The molecule has 0 aromatic carbocycles. The highest BCUT2D eigenvalue weighted by Crippen LogP contribution is 2.16. The topological polar surface area (TPSA) is 84.7 Å². The van der Waals surface area contributed by atoms with Crippen LogP contribution in [0.25, 0.3) is 0 Å². The third-order valence-electron chi connectivity index (χ3n) is 3.01. The molecule has 1 rings (SSSR count). The molecule has 0 aromatic heterocycles. The lowest BCUT2D eigenvalue weighted by molar-refractivity contribution is -0.134. The number of nitrogens with zero attached hydrogens (tertiary/aromatic N) is 1. The second-order valence-corrected chi connectivity index (χ2v) is 4.23. The standard InChI is InChI=1S/C11H21N3O3/c1-17-7-4-13-8-10(15)14-5-2-9(3-6-14)11(12)16/h9,13H,2-8H2,1H3,(H2,12,16). The molecule has 0 atom stereocenters. The lowest BCUT2D eigenvalue weighted by Crippen LogP contribution is -2.45. The van der Waals surface area contributed by atoms with E-state index in [-0.39, 0.29) is 17.7 Å². The van der Waals surface area contributed by atoms with Crippen LogP contribution in [0.4, 0.5) is 0 Å². The summed E-state index contributed by atoms with van der Waals surface area (Å²) in [6.45, 7) is 2.83. The third kappa shape index (κ3) is 4.70. The van der Waals surface area contributed by atoms with Crippen molar-refractivity contribution in [1.29, 1.82) is 0 Å². The molecule has 1 aliphatic heterocycles. The minimum atomic E-state index is -0.254. The minimum absolute atomic E-state index is 0.0690. The Bertz CT molecular complexity index is 263. The molecule has 1 aliphatic rings. The van der Waals surface area contributed by atoms with E-state index < -0.39 is 0 Å². The lowest BCUT2D eigenvalue weighted by atomic mass is 9.96. The zero-order valence-corrected chi connectivity index (χ0v) is 10.3. The number of nitrogens with two attached hydrogens (primary N) is 1. The number of primary amides is 1. The maximum absolute atomic E-state index is 11.7. The Morgan fingerprint density at radius 3 is 2.59 bits per heavy atom. The predicted molar refractivity (Wildman–Crippen MR) is 63.2 cm³/mol. The van der Waals surface area contributed by atoms with E-state index in [1.54, 1.807) is 12.0 Å². The number of likely N-dealkylation sites (tertiary alicyclic amines) is 1. The second kappa shape index (κ2) is 7.24. The van der Waals surface area contributed by atoms with Gasteiger partial charge < -0.3 is 20.7 Å². The van der Waals surface area contributed by atoms with E-state index in [1.807, 2.05) is 0 Å². The zero-order valence-electron chi connectivity index (χ0n) is 10.3. The van der Waals surface area contributed by atoms with Gasteiger partial charge in [-0.3, -0.25) is 9.59 Å². The van der Waals surface area contributed by atoms with Crippen LogP contribution in [0.15, 0.2) is 0 Å². The highest BCUT2D eigenvalue weighted by atomic mass is 16.5. The molecule has 0 aliphatic carbocycles. The SMILES string of the molecule is COCCNCC(=O)N1CCC(C(N)=O)CC1. The number of nitrogens with one attached hydrogen (secondary N) is 1. The molecule has 2 amide bonds. The van der Waals surface area contributed by atoms with E-state index in [1.165, 1.54) is 0 Å². The molecule has 6 heteroatoms. The summed E-state index contributed by atoms with van der Waals surface area (Å²) in [6, 6.07) is 0. The molecule has 0 bridgehead atoms. The predicted octanol–water partition coefficient (Wildman–Crippen LogP) is -1.05. The highest BCUT2D eigenvalue weighted by Gasteiger charge is 2.25. The van der Waals surface area contributed by atoms with Crippen LogP contribution in [0.1, 0.15) is 12.8 Å². The van der Waals surface area contributed by atoms with Gasteiger partial charge in [-0.2, -0.15) is 0 Å². The summed E-state index contributed by atoms with van der Waals surface area (Å²) >= 11 is 0. The van der Waals surface area contributed by atoms with Gasteiger partial charge in [-0.1, -0.05) is 0 Å². The number of hydrogen-bond donors (Lipinski definition) is 2. The van der Waals surface area contributed by atoms with Gasteiger partial charge >= 0.3 is 0 Å². The van der Waals surface area contributed by atoms with E-state index in [4.69, 9.17) is 10.5 Å². The second-order valence-electron chi connectivity index (χ2n) is 4.23. The molecular weight excluding hydrogens is 222 g/mol. The molecule has 3 N–H and O–H groups in total. The fourth-order valence-corrected chi connectivity index (χ4v) is 1.89. The number of amides is 2. The Morgan fingerprint density at radius 1 is 1.41 bits per heavy atom. The van der Waals surface area contributed by atoms with Crippen molar-refractivity contribution in [2.45, 2.75) is 12.8 Å². The molecule has 0 spiro atoms. The van der Waals surface area contributed by atoms with E-state index in [9.17, 15) is 9.59 Å². The first-order valence-corrected chi connectivity index (χ1v) is 5.92. The number of carbonyl (C=O) groups excluding carboxylic acids is 2. The van der Waals surface area contributed by atoms with Crippen LogP contribution >= 0.6 is 0 Å². The average molecular weight is 243 g/mol. The summed E-state index contributed by atoms with van der Waals surface area (Å²) in [5.41, 5.74) is 5.23. The van der Waals surface area contributed by atoms with E-state index in [2.05, 4.69) is 5.32 Å². The van der Waals surface area contributed by atoms with Gasteiger partial charge in [-0.15, -0.1) is 0 Å². The van der Waals surface area contributed by atoms with Crippen LogP contribution in [0.5, 0.6) is 0 Å². The van der Waals surface area contributed by atoms with E-state index in [0.29, 0.717) is 45.6 Å². The minimum Gasteiger partial charge on any atom is -0.383 e. The summed E-state index contributed by atoms with van der Waals surface area (Å²) in [4.78, 5) is 24.5.